The van der Waals surface area contributed by atoms with Crippen molar-refractivity contribution in [1.29, 1.82) is 0 Å². The lowest BCUT2D eigenvalue weighted by molar-refractivity contribution is 0.169. The minimum Gasteiger partial charge on any atom is -0.383 e. The molecule has 2 aromatic carbocycles. The minimum absolute atomic E-state index is 0.169. The number of pyridine rings is 2. The predicted octanol–water partition coefficient (Wildman–Crippen LogP) is 3.91. The van der Waals surface area contributed by atoms with Crippen LogP contribution >= 0.6 is 0 Å². The molecule has 0 radical (unpaired) electrons. The topological polar surface area (TPSA) is 102 Å². The lowest BCUT2D eigenvalue weighted by atomic mass is 10.0. The van der Waals surface area contributed by atoms with E-state index in [9.17, 15) is 4.79 Å². The zero-order valence-electron chi connectivity index (χ0n) is 21.6. The molecule has 1 unspecified atom stereocenters. The Morgan fingerprint density at radius 3 is 2.58 bits per heavy atom. The standard InChI is InChI=1S/C29H31N7O2/c1-3-21-11-12-26-24(16-21)17-25(29(37)31-26)27(28-32-33-34-36(28)14-15-38-2)35(19-22-8-5-4-6-9-22)20-23-10-7-13-30-18-23/h4-13,16-18,27H,3,14-15,19-20H2,1-2H3,(H,31,37). The number of nitrogens with one attached hydrogen (secondary N) is 1. The van der Waals surface area contributed by atoms with Crippen LogP contribution in [0.25, 0.3) is 10.9 Å². The highest BCUT2D eigenvalue weighted by Gasteiger charge is 2.31. The van der Waals surface area contributed by atoms with Crippen molar-refractivity contribution in [1.82, 2.24) is 35.1 Å². The quantitative estimate of drug-likeness (QED) is 0.288. The summed E-state index contributed by atoms with van der Waals surface area (Å²) in [5.74, 6) is 0.582. The number of ether oxygens (including phenoxy) is 1. The van der Waals surface area contributed by atoms with Crippen LogP contribution in [0.2, 0.25) is 0 Å². The Kier molecular flexibility index (Phi) is 7.96. The van der Waals surface area contributed by atoms with Gasteiger partial charge < -0.3 is 9.72 Å². The van der Waals surface area contributed by atoms with Gasteiger partial charge in [0.25, 0.3) is 5.56 Å². The average molecular weight is 510 g/mol. The summed E-state index contributed by atoms with van der Waals surface area (Å²) in [4.78, 5) is 23.3. The molecular weight excluding hydrogens is 478 g/mol. The molecule has 0 aliphatic carbocycles. The Morgan fingerprint density at radius 2 is 1.82 bits per heavy atom. The van der Waals surface area contributed by atoms with Gasteiger partial charge in [0.15, 0.2) is 5.82 Å². The molecule has 5 rings (SSSR count). The van der Waals surface area contributed by atoms with E-state index in [1.54, 1.807) is 18.0 Å². The first kappa shape index (κ1) is 25.4. The van der Waals surface area contributed by atoms with Crippen molar-refractivity contribution in [3.8, 4) is 0 Å². The summed E-state index contributed by atoms with van der Waals surface area (Å²) in [6.07, 6.45) is 4.51. The van der Waals surface area contributed by atoms with Gasteiger partial charge in [-0.05, 0) is 63.2 Å². The summed E-state index contributed by atoms with van der Waals surface area (Å²) < 4.78 is 7.03. The number of aryl methyl sites for hydroxylation is 1. The second-order valence-corrected chi connectivity index (χ2v) is 9.24. The molecule has 5 aromatic rings. The van der Waals surface area contributed by atoms with Gasteiger partial charge in [-0.3, -0.25) is 14.7 Å². The van der Waals surface area contributed by atoms with Crippen molar-refractivity contribution in [2.75, 3.05) is 13.7 Å². The molecule has 3 heterocycles. The molecule has 0 aliphatic rings. The van der Waals surface area contributed by atoms with E-state index in [2.05, 4.69) is 55.5 Å². The van der Waals surface area contributed by atoms with Crippen LogP contribution < -0.4 is 5.56 Å². The molecule has 0 aliphatic heterocycles. The number of aromatic amines is 1. The van der Waals surface area contributed by atoms with Crippen molar-refractivity contribution in [2.24, 2.45) is 0 Å². The van der Waals surface area contributed by atoms with Gasteiger partial charge in [0.05, 0.1) is 13.2 Å². The number of rotatable bonds is 11. The largest absolute Gasteiger partial charge is 0.383 e. The van der Waals surface area contributed by atoms with Crippen molar-refractivity contribution in [3.05, 3.63) is 118 Å². The Labute approximate surface area is 221 Å². The monoisotopic (exact) mass is 509 g/mol. The molecule has 1 atom stereocenters. The lowest BCUT2D eigenvalue weighted by Gasteiger charge is -2.31. The van der Waals surface area contributed by atoms with E-state index >= 15 is 0 Å². The van der Waals surface area contributed by atoms with Crippen LogP contribution in [0.15, 0.2) is 83.9 Å². The second-order valence-electron chi connectivity index (χ2n) is 9.24. The van der Waals surface area contributed by atoms with E-state index in [0.29, 0.717) is 37.6 Å². The second kappa shape index (κ2) is 11.9. The van der Waals surface area contributed by atoms with Crippen molar-refractivity contribution in [2.45, 2.75) is 39.0 Å². The molecule has 1 N–H and O–H groups in total. The number of fused-ring (bicyclic) bond motifs is 1. The lowest BCUT2D eigenvalue weighted by Crippen LogP contribution is -2.35. The molecule has 0 bridgehead atoms. The van der Waals surface area contributed by atoms with Crippen molar-refractivity contribution >= 4 is 10.9 Å². The van der Waals surface area contributed by atoms with Gasteiger partial charge >= 0.3 is 0 Å². The van der Waals surface area contributed by atoms with E-state index < -0.39 is 6.04 Å². The molecule has 0 saturated carbocycles. The Bertz CT molecular complexity index is 1490. The fourth-order valence-corrected chi connectivity index (χ4v) is 4.72. The molecule has 9 nitrogen and oxygen atoms in total. The van der Waals surface area contributed by atoms with Gasteiger partial charge in [-0.15, -0.1) is 5.10 Å². The fourth-order valence-electron chi connectivity index (χ4n) is 4.72. The van der Waals surface area contributed by atoms with Crippen LogP contribution in [0.3, 0.4) is 0 Å². The highest BCUT2D eigenvalue weighted by molar-refractivity contribution is 5.80. The molecule has 194 valence electrons. The molecule has 0 saturated heterocycles. The number of tetrazole rings is 1. The van der Waals surface area contributed by atoms with Crippen LogP contribution in [0.4, 0.5) is 0 Å². The summed E-state index contributed by atoms with van der Waals surface area (Å²) in [5, 5.41) is 13.6. The van der Waals surface area contributed by atoms with E-state index in [1.807, 2.05) is 54.7 Å². The molecule has 38 heavy (non-hydrogen) atoms. The van der Waals surface area contributed by atoms with Crippen LogP contribution in [-0.2, 0) is 30.8 Å². The van der Waals surface area contributed by atoms with Gasteiger partial charge in [-0.1, -0.05) is 49.4 Å². The first-order chi connectivity index (χ1) is 18.7. The van der Waals surface area contributed by atoms with Crippen LogP contribution in [-0.4, -0.2) is 48.8 Å². The maximum atomic E-state index is 13.7. The zero-order chi connectivity index (χ0) is 26.3. The van der Waals surface area contributed by atoms with Crippen LogP contribution in [0.1, 0.15) is 41.0 Å². The molecular formula is C29H31N7O2. The number of hydrogen-bond donors (Lipinski definition) is 1. The maximum absolute atomic E-state index is 13.7. The summed E-state index contributed by atoms with van der Waals surface area (Å²) in [5.41, 5.74) is 4.55. The Hall–Kier alpha value is -4.21. The van der Waals surface area contributed by atoms with Crippen molar-refractivity contribution in [3.63, 3.8) is 0 Å². The Balaban J connectivity index is 1.69. The summed E-state index contributed by atoms with van der Waals surface area (Å²) >= 11 is 0. The van der Waals surface area contributed by atoms with E-state index in [-0.39, 0.29) is 5.56 Å². The zero-order valence-corrected chi connectivity index (χ0v) is 21.6. The third-order valence-corrected chi connectivity index (χ3v) is 6.65. The molecule has 0 spiro atoms. The average Bonchev–Trinajstić information content (AvgIpc) is 3.41. The highest BCUT2D eigenvalue weighted by atomic mass is 16.5. The Morgan fingerprint density at radius 1 is 1.00 bits per heavy atom. The van der Waals surface area contributed by atoms with Crippen molar-refractivity contribution < 1.29 is 4.74 Å². The predicted molar refractivity (Wildman–Crippen MR) is 145 cm³/mol. The summed E-state index contributed by atoms with van der Waals surface area (Å²) in [6, 6.07) is 21.7. The molecule has 0 amide bonds. The number of H-pyrrole nitrogens is 1. The SMILES string of the molecule is CCc1ccc2[nH]c(=O)c(C(c3nnnn3CCOC)N(Cc3ccccc3)Cc3cccnc3)cc2c1. The van der Waals surface area contributed by atoms with E-state index in [1.165, 1.54) is 5.56 Å². The van der Waals surface area contributed by atoms with Crippen LogP contribution in [0, 0.1) is 0 Å². The first-order valence-electron chi connectivity index (χ1n) is 12.7. The van der Waals surface area contributed by atoms with Crippen LogP contribution in [0.5, 0.6) is 0 Å². The molecule has 9 heteroatoms. The minimum atomic E-state index is -0.527. The van der Waals surface area contributed by atoms with Gasteiger partial charge in [-0.2, -0.15) is 0 Å². The van der Waals surface area contributed by atoms with Gasteiger partial charge in [0.1, 0.15) is 6.04 Å². The van der Waals surface area contributed by atoms with Gasteiger partial charge in [0.2, 0.25) is 0 Å². The number of methoxy groups -OCH3 is 1. The number of nitrogens with zero attached hydrogens (tertiary/aromatic N) is 6. The molecule has 3 aromatic heterocycles. The summed E-state index contributed by atoms with van der Waals surface area (Å²) in [6.45, 7) is 4.14. The smallest absolute Gasteiger partial charge is 0.253 e. The molecule has 0 fully saturated rings. The highest BCUT2D eigenvalue weighted by Crippen LogP contribution is 2.30. The maximum Gasteiger partial charge on any atom is 0.253 e. The third-order valence-electron chi connectivity index (χ3n) is 6.65. The fraction of sp³-hybridized carbons (Fsp3) is 0.276. The third kappa shape index (κ3) is 5.69. The first-order valence-corrected chi connectivity index (χ1v) is 12.7. The number of hydrogen-bond acceptors (Lipinski definition) is 7. The normalized spacial score (nSPS) is 12.3. The number of benzene rings is 2. The summed E-state index contributed by atoms with van der Waals surface area (Å²) in [7, 11) is 1.64. The van der Waals surface area contributed by atoms with E-state index in [4.69, 9.17) is 4.74 Å². The van der Waals surface area contributed by atoms with Gasteiger partial charge in [0, 0.05) is 43.7 Å². The number of aromatic nitrogens is 6. The van der Waals surface area contributed by atoms with E-state index in [0.717, 1.165) is 28.5 Å². The van der Waals surface area contributed by atoms with Gasteiger partial charge in [-0.25, -0.2) is 4.68 Å².